The highest BCUT2D eigenvalue weighted by atomic mass is 19.1. The minimum Gasteiger partial charge on any atom is -0.497 e. The molecule has 0 aliphatic carbocycles. The van der Waals surface area contributed by atoms with Crippen LogP contribution < -0.4 is 14.4 Å². The van der Waals surface area contributed by atoms with Gasteiger partial charge in [-0.1, -0.05) is 0 Å². The lowest BCUT2D eigenvalue weighted by molar-refractivity contribution is 0.0710. The Balaban J connectivity index is 1.30. The first kappa shape index (κ1) is 19.8. The number of hydrogen-bond acceptors (Lipinski definition) is 5. The molecule has 2 heterocycles. The van der Waals surface area contributed by atoms with Crippen molar-refractivity contribution in [3.05, 3.63) is 78.0 Å². The summed E-state index contributed by atoms with van der Waals surface area (Å²) in [5.74, 6) is 1.75. The molecule has 0 atom stereocenters. The van der Waals surface area contributed by atoms with Crippen LogP contribution in [-0.4, -0.2) is 44.1 Å². The summed E-state index contributed by atoms with van der Waals surface area (Å²) in [5, 5.41) is 0. The molecule has 1 amide bonds. The molecule has 6 nitrogen and oxygen atoms in total. The third kappa shape index (κ3) is 4.56. The van der Waals surface area contributed by atoms with Crippen LogP contribution in [0, 0.1) is 5.82 Å². The fraction of sp³-hybridized carbons (Fsp3) is 0.261. The van der Waals surface area contributed by atoms with E-state index in [4.69, 9.17) is 13.9 Å². The van der Waals surface area contributed by atoms with Gasteiger partial charge in [0.1, 0.15) is 29.7 Å². The number of piperazine rings is 1. The van der Waals surface area contributed by atoms with Gasteiger partial charge in [-0.15, -0.1) is 0 Å². The van der Waals surface area contributed by atoms with Crippen molar-refractivity contribution in [1.29, 1.82) is 0 Å². The van der Waals surface area contributed by atoms with Gasteiger partial charge in [0.05, 0.1) is 7.11 Å². The van der Waals surface area contributed by atoms with Crippen molar-refractivity contribution in [2.75, 3.05) is 38.2 Å². The van der Waals surface area contributed by atoms with Gasteiger partial charge in [-0.25, -0.2) is 4.39 Å². The van der Waals surface area contributed by atoms with E-state index < -0.39 is 0 Å². The number of carbonyl (C=O) groups excluding carboxylic acids is 1. The molecule has 1 aliphatic heterocycles. The number of furan rings is 1. The minimum atomic E-state index is -0.319. The number of ether oxygens (including phenoxy) is 2. The highest BCUT2D eigenvalue weighted by molar-refractivity contribution is 5.91. The second-order valence-electron chi connectivity index (χ2n) is 6.99. The van der Waals surface area contributed by atoms with Crippen LogP contribution in [0.3, 0.4) is 0 Å². The molecule has 0 N–H and O–H groups in total. The lowest BCUT2D eigenvalue weighted by atomic mass is 10.2. The van der Waals surface area contributed by atoms with Gasteiger partial charge in [0.15, 0.2) is 5.76 Å². The highest BCUT2D eigenvalue weighted by Crippen LogP contribution is 2.22. The van der Waals surface area contributed by atoms with Crippen LogP contribution in [0.4, 0.5) is 10.1 Å². The molecular formula is C23H23FN2O4. The Hall–Kier alpha value is -3.48. The molecule has 2 aromatic carbocycles. The van der Waals surface area contributed by atoms with Crippen molar-refractivity contribution in [2.45, 2.75) is 6.61 Å². The quantitative estimate of drug-likeness (QED) is 0.616. The first-order valence-corrected chi connectivity index (χ1v) is 9.78. The zero-order chi connectivity index (χ0) is 20.9. The number of halogens is 1. The summed E-state index contributed by atoms with van der Waals surface area (Å²) in [5.41, 5.74) is 1.11. The maximum absolute atomic E-state index is 12.9. The molecule has 156 valence electrons. The second-order valence-corrected chi connectivity index (χ2v) is 6.99. The van der Waals surface area contributed by atoms with Crippen LogP contribution in [0.15, 0.2) is 65.1 Å². The minimum absolute atomic E-state index is 0.127. The molecule has 30 heavy (non-hydrogen) atoms. The molecule has 0 saturated carbocycles. The molecule has 1 aliphatic rings. The highest BCUT2D eigenvalue weighted by Gasteiger charge is 2.24. The van der Waals surface area contributed by atoms with Gasteiger partial charge in [-0.05, 0) is 60.7 Å². The lowest BCUT2D eigenvalue weighted by Gasteiger charge is -2.35. The van der Waals surface area contributed by atoms with E-state index in [2.05, 4.69) is 4.90 Å². The summed E-state index contributed by atoms with van der Waals surface area (Å²) >= 11 is 0. The van der Waals surface area contributed by atoms with Crippen LogP contribution >= 0.6 is 0 Å². The van der Waals surface area contributed by atoms with Gasteiger partial charge in [0.25, 0.3) is 5.91 Å². The number of methoxy groups -OCH3 is 1. The van der Waals surface area contributed by atoms with Crippen LogP contribution in [0.2, 0.25) is 0 Å². The van der Waals surface area contributed by atoms with Gasteiger partial charge in [0.2, 0.25) is 0 Å². The van der Waals surface area contributed by atoms with Crippen LogP contribution in [-0.2, 0) is 6.61 Å². The monoisotopic (exact) mass is 410 g/mol. The third-order valence-corrected chi connectivity index (χ3v) is 5.07. The van der Waals surface area contributed by atoms with Crippen LogP contribution in [0.5, 0.6) is 11.5 Å². The van der Waals surface area contributed by atoms with E-state index in [9.17, 15) is 9.18 Å². The molecule has 1 aromatic heterocycles. The van der Waals surface area contributed by atoms with Gasteiger partial charge < -0.3 is 23.7 Å². The predicted molar refractivity (Wildman–Crippen MR) is 111 cm³/mol. The molecule has 1 saturated heterocycles. The maximum atomic E-state index is 12.9. The number of carbonyl (C=O) groups is 1. The van der Waals surface area contributed by atoms with Crippen molar-refractivity contribution in [2.24, 2.45) is 0 Å². The molecule has 3 aromatic rings. The Morgan fingerprint density at radius 1 is 0.933 bits per heavy atom. The van der Waals surface area contributed by atoms with Crippen molar-refractivity contribution < 1.29 is 23.1 Å². The zero-order valence-electron chi connectivity index (χ0n) is 16.7. The first-order chi connectivity index (χ1) is 14.6. The van der Waals surface area contributed by atoms with Crippen LogP contribution in [0.25, 0.3) is 0 Å². The van der Waals surface area contributed by atoms with E-state index in [1.165, 1.54) is 12.1 Å². The van der Waals surface area contributed by atoms with E-state index in [-0.39, 0.29) is 18.3 Å². The Bertz CT molecular complexity index is 977. The van der Waals surface area contributed by atoms with E-state index in [1.807, 2.05) is 24.3 Å². The van der Waals surface area contributed by atoms with E-state index in [0.717, 1.165) is 24.5 Å². The van der Waals surface area contributed by atoms with Crippen molar-refractivity contribution >= 4 is 11.6 Å². The summed E-state index contributed by atoms with van der Waals surface area (Å²) in [4.78, 5) is 16.8. The molecule has 1 fully saturated rings. The van der Waals surface area contributed by atoms with Crippen molar-refractivity contribution in [3.63, 3.8) is 0 Å². The third-order valence-electron chi connectivity index (χ3n) is 5.07. The largest absolute Gasteiger partial charge is 0.497 e. The molecular weight excluding hydrogens is 387 g/mol. The van der Waals surface area contributed by atoms with Gasteiger partial charge in [0, 0.05) is 31.9 Å². The van der Waals surface area contributed by atoms with E-state index in [0.29, 0.717) is 30.4 Å². The fourth-order valence-corrected chi connectivity index (χ4v) is 3.37. The standard InChI is InChI=1S/C23H23FN2O4/c1-28-19-8-4-18(5-9-19)25-12-14-26(15-13-25)23(27)22-11-10-21(30-22)16-29-20-6-2-17(24)3-7-20/h2-11H,12-16H2,1H3. The average Bonchev–Trinajstić information content (AvgIpc) is 3.27. The summed E-state index contributed by atoms with van der Waals surface area (Å²) in [6.07, 6.45) is 0. The average molecular weight is 410 g/mol. The topological polar surface area (TPSA) is 55.2 Å². The molecule has 4 rings (SSSR count). The summed E-state index contributed by atoms with van der Waals surface area (Å²) < 4.78 is 29.4. The Morgan fingerprint density at radius 2 is 1.60 bits per heavy atom. The molecule has 0 spiro atoms. The maximum Gasteiger partial charge on any atom is 0.289 e. The van der Waals surface area contributed by atoms with E-state index in [1.54, 1.807) is 36.3 Å². The number of nitrogens with zero attached hydrogens (tertiary/aromatic N) is 2. The van der Waals surface area contributed by atoms with Crippen molar-refractivity contribution in [1.82, 2.24) is 4.90 Å². The van der Waals surface area contributed by atoms with Crippen molar-refractivity contribution in [3.8, 4) is 11.5 Å². The Labute approximate surface area is 174 Å². The van der Waals surface area contributed by atoms with E-state index >= 15 is 0 Å². The second kappa shape index (κ2) is 8.90. The SMILES string of the molecule is COc1ccc(N2CCN(C(=O)c3ccc(COc4ccc(F)cc4)o3)CC2)cc1. The van der Waals surface area contributed by atoms with Gasteiger partial charge in [-0.3, -0.25) is 4.79 Å². The number of hydrogen-bond donors (Lipinski definition) is 0. The lowest BCUT2D eigenvalue weighted by Crippen LogP contribution is -2.48. The fourth-order valence-electron chi connectivity index (χ4n) is 3.37. The molecule has 7 heteroatoms. The summed E-state index contributed by atoms with van der Waals surface area (Å²) in [6, 6.07) is 17.1. The van der Waals surface area contributed by atoms with Gasteiger partial charge in [-0.2, -0.15) is 0 Å². The van der Waals surface area contributed by atoms with Crippen LogP contribution in [0.1, 0.15) is 16.3 Å². The zero-order valence-corrected chi connectivity index (χ0v) is 16.7. The van der Waals surface area contributed by atoms with Gasteiger partial charge >= 0.3 is 0 Å². The Morgan fingerprint density at radius 3 is 2.27 bits per heavy atom. The number of amides is 1. The molecule has 0 bridgehead atoms. The molecule has 0 radical (unpaired) electrons. The number of rotatable bonds is 6. The number of anilines is 1. The smallest absolute Gasteiger partial charge is 0.289 e. The predicted octanol–water partition coefficient (Wildman–Crippen LogP) is 3.97. The normalized spacial score (nSPS) is 13.9. The number of benzene rings is 2. The first-order valence-electron chi connectivity index (χ1n) is 9.78. The Kier molecular flexibility index (Phi) is 5.88. The summed E-state index contributed by atoms with van der Waals surface area (Å²) in [6.45, 7) is 2.91. The summed E-state index contributed by atoms with van der Waals surface area (Å²) in [7, 11) is 1.65. The molecule has 0 unspecified atom stereocenters.